The average Bonchev–Trinajstić information content (AvgIpc) is 3.01. The molecule has 1 heterocycles. The van der Waals surface area contributed by atoms with E-state index in [0.717, 1.165) is 65.1 Å². The first-order valence-corrected chi connectivity index (χ1v) is 17.0. The second-order valence-electron chi connectivity index (χ2n) is 13.8. The monoisotopic (exact) mass is 788 g/mol. The third-order valence-corrected chi connectivity index (χ3v) is 10.1. The zero-order chi connectivity index (χ0) is 30.3. The number of rotatable bonds is 5. The molecule has 4 nitrogen and oxygen atoms in total. The van der Waals surface area contributed by atoms with Crippen molar-refractivity contribution >= 4 is 16.8 Å². The number of aliphatic hydroxyl groups is 1. The molecule has 5 heteroatoms. The Hall–Kier alpha value is -2.36. The van der Waals surface area contributed by atoms with E-state index in [1.807, 2.05) is 0 Å². The number of fused-ring (bicyclic) bond motifs is 1. The van der Waals surface area contributed by atoms with Crippen LogP contribution in [0.3, 0.4) is 0 Å². The molecule has 6 rings (SSSR count). The summed E-state index contributed by atoms with van der Waals surface area (Å²) in [5, 5.41) is 10.0. The van der Waals surface area contributed by atoms with Gasteiger partial charge in [0.1, 0.15) is 0 Å². The van der Waals surface area contributed by atoms with E-state index in [9.17, 15) is 9.90 Å². The van der Waals surface area contributed by atoms with E-state index in [-0.39, 0.29) is 45.2 Å². The molecule has 3 aliphatic carbocycles. The van der Waals surface area contributed by atoms with Crippen molar-refractivity contribution in [3.05, 3.63) is 70.6 Å². The molecular formula is C40H55IrN2O2-. The summed E-state index contributed by atoms with van der Waals surface area (Å²) in [6.07, 6.45) is 18.3. The van der Waals surface area contributed by atoms with E-state index in [1.54, 1.807) is 6.08 Å². The maximum absolute atomic E-state index is 12.0. The number of hydrogen-bond acceptors (Lipinski definition) is 4. The molecular weight excluding hydrogens is 733 g/mol. The fraction of sp³-hybridized carbons (Fsp3) is 0.575. The Morgan fingerprint density at radius 2 is 1.42 bits per heavy atom. The Bertz CT molecular complexity index is 1410. The van der Waals surface area contributed by atoms with Gasteiger partial charge < -0.3 is 5.11 Å². The van der Waals surface area contributed by atoms with Gasteiger partial charge in [0.2, 0.25) is 0 Å². The van der Waals surface area contributed by atoms with Crippen LogP contribution in [0.2, 0.25) is 0 Å². The second-order valence-corrected chi connectivity index (χ2v) is 13.8. The van der Waals surface area contributed by atoms with Gasteiger partial charge in [0.05, 0.1) is 16.8 Å². The Morgan fingerprint density at radius 3 is 2.04 bits per heavy atom. The molecule has 3 saturated carbocycles. The third kappa shape index (κ3) is 10.1. The summed E-state index contributed by atoms with van der Waals surface area (Å²) in [5.41, 5.74) is 8.78. The fourth-order valence-corrected chi connectivity index (χ4v) is 7.45. The molecule has 0 unspecified atom stereocenters. The Labute approximate surface area is 286 Å². The SMILES string of the molecule is C.Cc1[c-]c(-c2nc3ccc(C4CCC(C)CC4)cc3nc2C)cc(C)c1.O=C(C=C(O)C1CCCCC1)C1CCCCC1.[Ir]. The molecule has 3 fully saturated rings. The Morgan fingerprint density at radius 1 is 0.800 bits per heavy atom. The molecule has 0 bridgehead atoms. The number of aliphatic hydroxyl groups excluding tert-OH is 1. The van der Waals surface area contributed by atoms with Gasteiger partial charge in [-0.3, -0.25) is 14.8 Å². The predicted molar refractivity (Wildman–Crippen MR) is 184 cm³/mol. The predicted octanol–water partition coefficient (Wildman–Crippen LogP) is 11.1. The van der Waals surface area contributed by atoms with Crippen LogP contribution in [0.5, 0.6) is 0 Å². The molecule has 2 aromatic carbocycles. The van der Waals surface area contributed by atoms with Crippen LogP contribution in [0.15, 0.2) is 42.2 Å². The average molecular weight is 788 g/mol. The van der Waals surface area contributed by atoms with Crippen LogP contribution >= 0.6 is 0 Å². The van der Waals surface area contributed by atoms with Gasteiger partial charge in [-0.05, 0) is 75.0 Å². The van der Waals surface area contributed by atoms with Crippen LogP contribution in [0.25, 0.3) is 22.3 Å². The van der Waals surface area contributed by atoms with Gasteiger partial charge in [0, 0.05) is 49.4 Å². The van der Waals surface area contributed by atoms with Gasteiger partial charge in [-0.15, -0.1) is 34.9 Å². The van der Waals surface area contributed by atoms with Gasteiger partial charge in [-0.2, -0.15) is 0 Å². The molecule has 0 atom stereocenters. The summed E-state index contributed by atoms with van der Waals surface area (Å²) >= 11 is 0. The van der Waals surface area contributed by atoms with Crippen molar-refractivity contribution in [1.29, 1.82) is 0 Å². The van der Waals surface area contributed by atoms with Crippen molar-refractivity contribution in [1.82, 2.24) is 9.97 Å². The number of ketones is 1. The van der Waals surface area contributed by atoms with Crippen molar-refractivity contribution in [2.45, 2.75) is 131 Å². The van der Waals surface area contributed by atoms with Crippen LogP contribution in [-0.4, -0.2) is 20.9 Å². The smallest absolute Gasteiger partial charge is 0.162 e. The van der Waals surface area contributed by atoms with Gasteiger partial charge >= 0.3 is 0 Å². The molecule has 1 radical (unpaired) electrons. The van der Waals surface area contributed by atoms with Gasteiger partial charge in [0.15, 0.2) is 5.78 Å². The zero-order valence-electron chi connectivity index (χ0n) is 27.3. The quantitative estimate of drug-likeness (QED) is 0.159. The normalized spacial score (nSPS) is 21.2. The number of benzene rings is 2. The minimum atomic E-state index is 0. The van der Waals surface area contributed by atoms with Crippen LogP contribution in [0, 0.1) is 44.6 Å². The van der Waals surface area contributed by atoms with E-state index in [2.05, 4.69) is 64.1 Å². The van der Waals surface area contributed by atoms with Crippen molar-refractivity contribution in [3.63, 3.8) is 0 Å². The maximum atomic E-state index is 12.0. The first kappa shape index (κ1) is 37.1. The summed E-state index contributed by atoms with van der Waals surface area (Å²) in [4.78, 5) is 21.8. The first-order chi connectivity index (χ1) is 20.8. The van der Waals surface area contributed by atoms with Crippen LogP contribution in [-0.2, 0) is 24.9 Å². The van der Waals surface area contributed by atoms with E-state index < -0.39 is 0 Å². The standard InChI is InChI=1S/C24H27N2.C15H24O2.CH4.Ir/c1-15-5-7-19(8-6-15)20-9-10-22-23(14-20)25-18(4)24(26-22)21-12-16(2)11-17(3)13-21;16-14(12-7-3-1-4-8-12)11-15(17)13-9-5-2-6-10-13;;/h9-12,14-15,19H,5-8H2,1-4H3;11-13,16H,1-10H2;1H4;/q-1;;;. The second kappa shape index (κ2) is 17.5. The van der Waals surface area contributed by atoms with Gasteiger partial charge in [-0.1, -0.05) is 85.6 Å². The van der Waals surface area contributed by atoms with Crippen LogP contribution in [0.4, 0.5) is 0 Å². The zero-order valence-corrected chi connectivity index (χ0v) is 29.7. The summed E-state index contributed by atoms with van der Waals surface area (Å²) in [6, 6.07) is 14.4. The third-order valence-electron chi connectivity index (χ3n) is 10.1. The van der Waals surface area contributed by atoms with Crippen molar-refractivity contribution < 1.29 is 30.0 Å². The summed E-state index contributed by atoms with van der Waals surface area (Å²) < 4.78 is 0. The van der Waals surface area contributed by atoms with E-state index in [1.165, 1.54) is 75.3 Å². The van der Waals surface area contributed by atoms with Crippen molar-refractivity contribution in [2.24, 2.45) is 17.8 Å². The topological polar surface area (TPSA) is 63.1 Å². The minimum absolute atomic E-state index is 0. The Balaban J connectivity index is 0.000000255. The Kier molecular flexibility index (Phi) is 14.5. The van der Waals surface area contributed by atoms with E-state index in [4.69, 9.17) is 9.97 Å². The van der Waals surface area contributed by atoms with Crippen molar-refractivity contribution in [2.75, 3.05) is 0 Å². The number of aryl methyl sites for hydroxylation is 3. The molecule has 1 aromatic heterocycles. The number of hydrogen-bond donors (Lipinski definition) is 1. The minimum Gasteiger partial charge on any atom is -0.512 e. The fourth-order valence-electron chi connectivity index (χ4n) is 7.45. The number of allylic oxidation sites excluding steroid dienone is 2. The number of nitrogens with zero attached hydrogens (tertiary/aromatic N) is 2. The molecule has 247 valence electrons. The van der Waals surface area contributed by atoms with E-state index in [0.29, 0.717) is 11.7 Å². The molecule has 0 saturated heterocycles. The van der Waals surface area contributed by atoms with Crippen molar-refractivity contribution in [3.8, 4) is 11.3 Å². The van der Waals surface area contributed by atoms with Gasteiger partial charge in [0.25, 0.3) is 0 Å². The number of carbonyl (C=O) groups excluding carboxylic acids is 1. The largest absolute Gasteiger partial charge is 0.512 e. The summed E-state index contributed by atoms with van der Waals surface area (Å²) in [7, 11) is 0. The van der Waals surface area contributed by atoms with Crippen LogP contribution in [0.1, 0.15) is 133 Å². The molecule has 1 N–H and O–H groups in total. The van der Waals surface area contributed by atoms with E-state index >= 15 is 0 Å². The summed E-state index contributed by atoms with van der Waals surface area (Å²) in [6.45, 7) is 8.63. The first-order valence-electron chi connectivity index (χ1n) is 17.0. The van der Waals surface area contributed by atoms with Gasteiger partial charge in [-0.25, -0.2) is 0 Å². The molecule has 45 heavy (non-hydrogen) atoms. The molecule has 0 amide bonds. The molecule has 3 aliphatic rings. The number of carbonyl (C=O) groups is 1. The maximum Gasteiger partial charge on any atom is 0.162 e. The molecule has 0 aliphatic heterocycles. The van der Waals surface area contributed by atoms with Crippen LogP contribution < -0.4 is 0 Å². The molecule has 0 spiro atoms. The number of aromatic nitrogens is 2. The summed E-state index contributed by atoms with van der Waals surface area (Å²) in [5.74, 6) is 2.55. The molecule has 3 aromatic rings.